The number of para-hydroxylation sites is 2. The third kappa shape index (κ3) is 65.2. The summed E-state index contributed by atoms with van der Waals surface area (Å²) in [5, 5.41) is 6.02. The largest absolute Gasteiger partial charge is 0.412 e. The van der Waals surface area contributed by atoms with Gasteiger partial charge < -0.3 is 21.6 Å². The summed E-state index contributed by atoms with van der Waals surface area (Å²) in [4.78, 5) is 0. The van der Waals surface area contributed by atoms with E-state index in [0.29, 0.717) is 0 Å². The molecule has 0 saturated carbocycles. The zero-order chi connectivity index (χ0) is 34.7. The lowest BCUT2D eigenvalue weighted by atomic mass is 10.3. The van der Waals surface area contributed by atoms with Crippen LogP contribution in [0.5, 0.6) is 0 Å². The number of sulfonamides is 2. The van der Waals surface area contributed by atoms with Crippen molar-refractivity contribution < 1.29 is 80.4 Å². The molecule has 2 rings (SSSR count). The summed E-state index contributed by atoms with van der Waals surface area (Å²) in [5.74, 6) is 0. The van der Waals surface area contributed by atoms with Crippen LogP contribution in [0.25, 0.3) is 0 Å². The van der Waals surface area contributed by atoms with E-state index in [0.717, 1.165) is 23.9 Å². The van der Waals surface area contributed by atoms with Gasteiger partial charge in [-0.2, -0.15) is 34.7 Å². The molecular weight excluding hydrogens is 721 g/mol. The lowest BCUT2D eigenvalue weighted by Gasteiger charge is -2.15. The van der Waals surface area contributed by atoms with Gasteiger partial charge in [0.1, 0.15) is 0 Å². The predicted octanol–water partition coefficient (Wildman–Crippen LogP) is -1.62. The highest BCUT2D eigenvalue weighted by Crippen LogP contribution is 2.06. The average molecular weight is 759 g/mol. The lowest BCUT2D eigenvalue weighted by molar-refractivity contribution is 0.378. The summed E-state index contributed by atoms with van der Waals surface area (Å²) < 4.78 is 143. The minimum atomic E-state index is -4.67. The van der Waals surface area contributed by atoms with Gasteiger partial charge in [-0.25, -0.2) is 16.8 Å². The Balaban J connectivity index is -0.000000160. The summed E-state index contributed by atoms with van der Waals surface area (Å²) in [7, 11) is -20.3. The molecule has 0 aliphatic heterocycles. The number of benzene rings is 2. The second-order valence-electron chi connectivity index (χ2n) is 7.59. The van der Waals surface area contributed by atoms with Crippen LogP contribution in [0.1, 0.15) is 13.8 Å². The maximum absolute atomic E-state index is 10.9. The Bertz CT molecular complexity index is 1420. The van der Waals surface area contributed by atoms with Crippen molar-refractivity contribution in [2.24, 2.45) is 0 Å². The van der Waals surface area contributed by atoms with Gasteiger partial charge in [-0.05, 0) is 38.1 Å². The molecule has 45 heavy (non-hydrogen) atoms. The molecule has 14 N–H and O–H groups in total. The molecule has 27 heteroatoms. The first-order valence-electron chi connectivity index (χ1n) is 10.6. The monoisotopic (exact) mass is 758 g/mol. The SMILES string of the molecule is CC(Nc1ccccc1)NS(C)(=O)=O.CC(Nc1ccccc1)NS(C)(=O)=O.O.O.O=S(=O)(O)O.O=S(=O)(O)O.O=S(=O)(O)O. The van der Waals surface area contributed by atoms with E-state index in [4.69, 9.17) is 52.6 Å². The molecule has 0 heterocycles. The first kappa shape index (κ1) is 51.9. The van der Waals surface area contributed by atoms with Crippen LogP contribution < -0.4 is 20.1 Å². The van der Waals surface area contributed by atoms with E-state index in [1.807, 2.05) is 60.7 Å². The molecule has 0 radical (unpaired) electrons. The molecule has 0 aromatic heterocycles. The number of hydrogen-bond acceptors (Lipinski definition) is 12. The zero-order valence-electron chi connectivity index (χ0n) is 23.7. The van der Waals surface area contributed by atoms with Crippen LogP contribution in [-0.4, -0.2) is 105 Å². The van der Waals surface area contributed by atoms with Crippen LogP contribution in [0.2, 0.25) is 0 Å². The molecule has 268 valence electrons. The number of nitrogens with one attached hydrogen (secondary N) is 4. The Labute approximate surface area is 261 Å². The molecule has 22 nitrogen and oxygen atoms in total. The third-order valence-corrected chi connectivity index (χ3v) is 4.66. The molecule has 2 atom stereocenters. The van der Waals surface area contributed by atoms with Crippen molar-refractivity contribution in [1.29, 1.82) is 0 Å². The molecular formula is C18H38N4O18S5. The first-order valence-corrected chi connectivity index (χ1v) is 18.6. The molecule has 2 aromatic rings. The molecule has 0 spiro atoms. The van der Waals surface area contributed by atoms with E-state index in [2.05, 4.69) is 20.1 Å². The van der Waals surface area contributed by atoms with Crippen molar-refractivity contribution >= 4 is 62.6 Å². The standard InChI is InChI=1S/2C9H14N2O2S.3H2O4S.2H2O/c2*1-8(11-14(2,12)13)10-9-6-4-3-5-7-9;3*1-5(2,3)4;;/h2*3-8,10-11H,1-2H3;3*(H2,1,2,3,4);2*1H2. The Morgan fingerprint density at radius 3 is 0.800 bits per heavy atom. The Morgan fingerprint density at radius 2 is 0.644 bits per heavy atom. The van der Waals surface area contributed by atoms with Gasteiger partial charge in [-0.1, -0.05) is 36.4 Å². The van der Waals surface area contributed by atoms with Crippen molar-refractivity contribution in [3.63, 3.8) is 0 Å². The number of rotatable bonds is 8. The fraction of sp³-hybridized carbons (Fsp3) is 0.333. The highest BCUT2D eigenvalue weighted by molar-refractivity contribution is 7.89. The summed E-state index contributed by atoms with van der Waals surface area (Å²) in [6.07, 6.45) is 1.64. The fourth-order valence-corrected chi connectivity index (χ4v) is 3.67. The van der Waals surface area contributed by atoms with E-state index in [9.17, 15) is 16.8 Å². The maximum atomic E-state index is 10.9. The molecule has 2 aromatic carbocycles. The molecule has 0 saturated heterocycles. The lowest BCUT2D eigenvalue weighted by Crippen LogP contribution is -2.37. The summed E-state index contributed by atoms with van der Waals surface area (Å²) >= 11 is 0. The van der Waals surface area contributed by atoms with Crippen molar-refractivity contribution in [3.8, 4) is 0 Å². The maximum Gasteiger partial charge on any atom is 0.394 e. The van der Waals surface area contributed by atoms with Crippen molar-refractivity contribution in [2.45, 2.75) is 26.2 Å². The molecule has 0 aliphatic carbocycles. The van der Waals surface area contributed by atoms with Crippen molar-refractivity contribution in [2.75, 3.05) is 23.1 Å². The van der Waals surface area contributed by atoms with Crippen LogP contribution in [-0.2, 0) is 51.2 Å². The second kappa shape index (κ2) is 23.7. The molecule has 0 bridgehead atoms. The van der Waals surface area contributed by atoms with Crippen LogP contribution in [0.15, 0.2) is 60.7 Å². The molecule has 0 amide bonds. The van der Waals surface area contributed by atoms with Crippen LogP contribution in [0, 0.1) is 0 Å². The third-order valence-electron chi connectivity index (χ3n) is 3.10. The van der Waals surface area contributed by atoms with Gasteiger partial charge in [0.2, 0.25) is 20.0 Å². The summed E-state index contributed by atoms with van der Waals surface area (Å²) in [5.41, 5.74) is 1.77. The summed E-state index contributed by atoms with van der Waals surface area (Å²) in [6.45, 7) is 3.49. The van der Waals surface area contributed by atoms with E-state index < -0.39 is 51.2 Å². The Morgan fingerprint density at radius 1 is 0.467 bits per heavy atom. The predicted molar refractivity (Wildman–Crippen MR) is 165 cm³/mol. The van der Waals surface area contributed by atoms with Gasteiger partial charge in [0.25, 0.3) is 0 Å². The first-order chi connectivity index (χ1) is 18.9. The Kier molecular flexibility index (Phi) is 27.3. The van der Waals surface area contributed by atoms with Gasteiger partial charge in [0, 0.05) is 11.4 Å². The van der Waals surface area contributed by atoms with Crippen molar-refractivity contribution in [3.05, 3.63) is 60.7 Å². The molecule has 0 fully saturated rings. The smallest absolute Gasteiger partial charge is 0.394 e. The van der Waals surface area contributed by atoms with E-state index in [1.54, 1.807) is 13.8 Å². The zero-order valence-corrected chi connectivity index (χ0v) is 27.8. The van der Waals surface area contributed by atoms with Crippen LogP contribution in [0.4, 0.5) is 11.4 Å². The molecule has 0 aliphatic rings. The van der Waals surface area contributed by atoms with E-state index >= 15 is 0 Å². The van der Waals surface area contributed by atoms with Crippen molar-refractivity contribution in [1.82, 2.24) is 9.44 Å². The minimum Gasteiger partial charge on any atom is -0.412 e. The van der Waals surface area contributed by atoms with E-state index in [-0.39, 0.29) is 23.3 Å². The van der Waals surface area contributed by atoms with Gasteiger partial charge in [0.15, 0.2) is 0 Å². The van der Waals surface area contributed by atoms with Crippen LogP contribution in [0.3, 0.4) is 0 Å². The fourth-order valence-electron chi connectivity index (χ4n) is 2.27. The van der Waals surface area contributed by atoms with Gasteiger partial charge >= 0.3 is 31.2 Å². The topological polar surface area (TPSA) is 403 Å². The average Bonchev–Trinajstić information content (AvgIpc) is 2.69. The van der Waals surface area contributed by atoms with Gasteiger partial charge in [0.05, 0.1) is 24.8 Å². The highest BCUT2D eigenvalue weighted by Gasteiger charge is 2.08. The van der Waals surface area contributed by atoms with Gasteiger partial charge in [-0.3, -0.25) is 27.3 Å². The molecule has 2 unspecified atom stereocenters. The minimum absolute atomic E-state index is 0. The van der Waals surface area contributed by atoms with E-state index in [1.165, 1.54) is 0 Å². The van der Waals surface area contributed by atoms with Crippen LogP contribution >= 0.6 is 0 Å². The van der Waals surface area contributed by atoms with Gasteiger partial charge in [-0.15, -0.1) is 0 Å². The normalized spacial score (nSPS) is 12.3. The summed E-state index contributed by atoms with van der Waals surface area (Å²) in [6, 6.07) is 18.8. The number of hydrogen-bond donors (Lipinski definition) is 10. The highest BCUT2D eigenvalue weighted by atomic mass is 32.3. The Hall–Kier alpha value is -2.61. The second-order valence-corrected chi connectivity index (χ2v) is 13.8. The number of anilines is 2. The quantitative estimate of drug-likeness (QED) is 0.107.